The van der Waals surface area contributed by atoms with E-state index in [-0.39, 0.29) is 0 Å². The van der Waals surface area contributed by atoms with E-state index in [2.05, 4.69) is 33.9 Å². The molecule has 106 valence electrons. The van der Waals surface area contributed by atoms with Gasteiger partial charge in [-0.3, -0.25) is 0 Å². The number of nitrogens with zero attached hydrogens (tertiary/aromatic N) is 2. The van der Waals surface area contributed by atoms with Crippen molar-refractivity contribution in [2.45, 2.75) is 45.3 Å². The van der Waals surface area contributed by atoms with Crippen LogP contribution in [0.1, 0.15) is 36.7 Å². The van der Waals surface area contributed by atoms with Gasteiger partial charge in [0.05, 0.1) is 0 Å². The van der Waals surface area contributed by atoms with Crippen LogP contribution in [0.4, 0.5) is 0 Å². The predicted molar refractivity (Wildman–Crippen MR) is 82.0 cm³/mol. The van der Waals surface area contributed by atoms with Gasteiger partial charge >= 0.3 is 0 Å². The van der Waals surface area contributed by atoms with Crippen LogP contribution in [-0.4, -0.2) is 15.6 Å². The van der Waals surface area contributed by atoms with Crippen molar-refractivity contribution in [2.75, 3.05) is 0 Å². The molecule has 0 bridgehead atoms. The molecule has 1 fully saturated rings. The number of halogens is 1. The molecule has 0 amide bonds. The standard InChI is InChI=1S/C16H20ClN3/c1-2-20-8-7-18-16(20)10-13-9-14(17)4-3-12(13)11-19-15-5-6-15/h3-4,7-9,15,19H,2,5-6,10-11H2,1H3. The van der Waals surface area contributed by atoms with Gasteiger partial charge in [-0.25, -0.2) is 4.98 Å². The number of benzene rings is 1. The Morgan fingerprint density at radius 2 is 2.20 bits per heavy atom. The van der Waals surface area contributed by atoms with E-state index in [0.29, 0.717) is 0 Å². The summed E-state index contributed by atoms with van der Waals surface area (Å²) in [6.45, 7) is 4.01. The second-order valence-electron chi connectivity index (χ2n) is 5.37. The first-order chi connectivity index (χ1) is 9.76. The summed E-state index contributed by atoms with van der Waals surface area (Å²) in [5.74, 6) is 1.10. The van der Waals surface area contributed by atoms with E-state index in [4.69, 9.17) is 11.6 Å². The summed E-state index contributed by atoms with van der Waals surface area (Å²) in [6.07, 6.45) is 7.35. The maximum atomic E-state index is 6.16. The molecular formula is C16H20ClN3. The van der Waals surface area contributed by atoms with E-state index < -0.39 is 0 Å². The second-order valence-corrected chi connectivity index (χ2v) is 5.81. The van der Waals surface area contributed by atoms with E-state index in [1.807, 2.05) is 18.5 Å². The van der Waals surface area contributed by atoms with Crippen LogP contribution in [0.25, 0.3) is 0 Å². The monoisotopic (exact) mass is 289 g/mol. The third-order valence-electron chi connectivity index (χ3n) is 3.82. The van der Waals surface area contributed by atoms with Crippen LogP contribution >= 0.6 is 11.6 Å². The molecule has 0 atom stereocenters. The normalized spacial score (nSPS) is 14.7. The van der Waals surface area contributed by atoms with Gasteiger partial charge in [0.25, 0.3) is 0 Å². The predicted octanol–water partition coefficient (Wildman–Crippen LogP) is 3.40. The van der Waals surface area contributed by atoms with E-state index in [9.17, 15) is 0 Å². The Morgan fingerprint density at radius 1 is 1.35 bits per heavy atom. The lowest BCUT2D eigenvalue weighted by Gasteiger charge is -2.12. The fourth-order valence-corrected chi connectivity index (χ4v) is 2.63. The van der Waals surface area contributed by atoms with Crippen molar-refractivity contribution in [1.82, 2.24) is 14.9 Å². The molecule has 3 rings (SSSR count). The topological polar surface area (TPSA) is 29.9 Å². The Hall–Kier alpha value is -1.32. The summed E-state index contributed by atoms with van der Waals surface area (Å²) in [6, 6.07) is 6.89. The third kappa shape index (κ3) is 3.22. The van der Waals surface area contributed by atoms with Crippen molar-refractivity contribution in [3.05, 3.63) is 52.6 Å². The quantitative estimate of drug-likeness (QED) is 0.883. The van der Waals surface area contributed by atoms with E-state index in [1.165, 1.54) is 24.0 Å². The maximum absolute atomic E-state index is 6.16. The molecule has 1 heterocycles. The lowest BCUT2D eigenvalue weighted by atomic mass is 10.0. The molecule has 1 saturated carbocycles. The zero-order chi connectivity index (χ0) is 13.9. The van der Waals surface area contributed by atoms with Crippen molar-refractivity contribution in [3.63, 3.8) is 0 Å². The molecule has 0 spiro atoms. The van der Waals surface area contributed by atoms with Crippen LogP contribution in [0, 0.1) is 0 Å². The van der Waals surface area contributed by atoms with Crippen LogP contribution in [0.5, 0.6) is 0 Å². The molecule has 1 aromatic carbocycles. The molecule has 20 heavy (non-hydrogen) atoms. The molecular weight excluding hydrogens is 270 g/mol. The minimum atomic E-state index is 0.719. The molecule has 2 aromatic rings. The van der Waals surface area contributed by atoms with E-state index in [1.54, 1.807) is 0 Å². The van der Waals surface area contributed by atoms with Crippen LogP contribution in [-0.2, 0) is 19.5 Å². The highest BCUT2D eigenvalue weighted by molar-refractivity contribution is 6.30. The van der Waals surface area contributed by atoms with Crippen LogP contribution in [0.15, 0.2) is 30.6 Å². The summed E-state index contributed by atoms with van der Waals surface area (Å²) in [4.78, 5) is 4.46. The number of hydrogen-bond donors (Lipinski definition) is 1. The number of imidazole rings is 1. The average molecular weight is 290 g/mol. The van der Waals surface area contributed by atoms with Gasteiger partial charge in [0.15, 0.2) is 0 Å². The first-order valence-corrected chi connectivity index (χ1v) is 7.64. The van der Waals surface area contributed by atoms with Crippen molar-refractivity contribution < 1.29 is 0 Å². The smallest absolute Gasteiger partial charge is 0.113 e. The Bertz CT molecular complexity index is 587. The number of hydrogen-bond acceptors (Lipinski definition) is 2. The number of aromatic nitrogens is 2. The average Bonchev–Trinajstić information content (AvgIpc) is 3.16. The van der Waals surface area contributed by atoms with Crippen molar-refractivity contribution >= 4 is 11.6 Å². The lowest BCUT2D eigenvalue weighted by Crippen LogP contribution is -2.17. The van der Waals surface area contributed by atoms with Gasteiger partial charge < -0.3 is 9.88 Å². The van der Waals surface area contributed by atoms with Gasteiger partial charge in [-0.05, 0) is 43.0 Å². The molecule has 0 saturated heterocycles. The lowest BCUT2D eigenvalue weighted by molar-refractivity contribution is 0.677. The third-order valence-corrected chi connectivity index (χ3v) is 4.05. The highest BCUT2D eigenvalue weighted by Gasteiger charge is 2.20. The second kappa shape index (κ2) is 5.98. The van der Waals surface area contributed by atoms with Gasteiger partial charge in [-0.2, -0.15) is 0 Å². The fourth-order valence-electron chi connectivity index (χ4n) is 2.44. The number of rotatable bonds is 6. The van der Waals surface area contributed by atoms with Gasteiger partial charge in [-0.1, -0.05) is 17.7 Å². The molecule has 0 radical (unpaired) electrons. The molecule has 1 aliphatic rings. The first-order valence-electron chi connectivity index (χ1n) is 7.27. The number of nitrogens with one attached hydrogen (secondary N) is 1. The van der Waals surface area contributed by atoms with Crippen LogP contribution in [0.2, 0.25) is 5.02 Å². The largest absolute Gasteiger partial charge is 0.335 e. The molecule has 4 heteroatoms. The van der Waals surface area contributed by atoms with Crippen LogP contribution in [0.3, 0.4) is 0 Å². The summed E-state index contributed by atoms with van der Waals surface area (Å²) in [5, 5.41) is 4.37. The van der Waals surface area contributed by atoms with Gasteiger partial charge in [0.1, 0.15) is 5.82 Å². The maximum Gasteiger partial charge on any atom is 0.113 e. The first kappa shape index (κ1) is 13.7. The SMILES string of the molecule is CCn1ccnc1Cc1cc(Cl)ccc1CNC1CC1. The van der Waals surface area contributed by atoms with Gasteiger partial charge in [-0.15, -0.1) is 0 Å². The van der Waals surface area contributed by atoms with Crippen molar-refractivity contribution in [1.29, 1.82) is 0 Å². The number of aryl methyl sites for hydroxylation is 1. The zero-order valence-corrected chi connectivity index (χ0v) is 12.5. The molecule has 1 aromatic heterocycles. The minimum Gasteiger partial charge on any atom is -0.335 e. The minimum absolute atomic E-state index is 0.719. The molecule has 1 N–H and O–H groups in total. The van der Waals surface area contributed by atoms with Crippen molar-refractivity contribution in [3.8, 4) is 0 Å². The molecule has 3 nitrogen and oxygen atoms in total. The summed E-state index contributed by atoms with van der Waals surface area (Å²) >= 11 is 6.16. The van der Waals surface area contributed by atoms with E-state index >= 15 is 0 Å². The Balaban J connectivity index is 1.80. The highest BCUT2D eigenvalue weighted by atomic mass is 35.5. The van der Waals surface area contributed by atoms with Gasteiger partial charge in [0, 0.05) is 43.0 Å². The van der Waals surface area contributed by atoms with Crippen LogP contribution < -0.4 is 5.32 Å². The Labute approximate surface area is 125 Å². The summed E-state index contributed by atoms with van der Waals surface area (Å²) in [7, 11) is 0. The van der Waals surface area contributed by atoms with E-state index in [0.717, 1.165) is 36.4 Å². The molecule has 1 aliphatic carbocycles. The van der Waals surface area contributed by atoms with Gasteiger partial charge in [0.2, 0.25) is 0 Å². The zero-order valence-electron chi connectivity index (χ0n) is 11.8. The highest BCUT2D eigenvalue weighted by Crippen LogP contribution is 2.22. The summed E-state index contributed by atoms with van der Waals surface area (Å²) in [5.41, 5.74) is 2.60. The summed E-state index contributed by atoms with van der Waals surface area (Å²) < 4.78 is 2.18. The molecule has 0 aliphatic heterocycles. The fraction of sp³-hybridized carbons (Fsp3) is 0.438. The van der Waals surface area contributed by atoms with Crippen molar-refractivity contribution in [2.24, 2.45) is 0 Å². The Morgan fingerprint density at radius 3 is 2.95 bits per heavy atom. The Kier molecular flexibility index (Phi) is 4.08. The molecule has 0 unspecified atom stereocenters.